The molecule has 17 heavy (non-hydrogen) atoms. The zero-order chi connectivity index (χ0) is 12.1. The van der Waals surface area contributed by atoms with Crippen molar-refractivity contribution in [3.05, 3.63) is 0 Å². The highest BCUT2D eigenvalue weighted by atomic mass is 16.5. The molecule has 1 heterocycles. The Morgan fingerprint density at radius 2 is 2.24 bits per heavy atom. The Kier molecular flexibility index (Phi) is 4.40. The average molecular weight is 240 g/mol. The lowest BCUT2D eigenvalue weighted by Gasteiger charge is -2.47. The first-order valence-electron chi connectivity index (χ1n) is 6.86. The van der Waals surface area contributed by atoms with Gasteiger partial charge >= 0.3 is 0 Å². The van der Waals surface area contributed by atoms with E-state index in [1.54, 1.807) is 0 Å². The number of rotatable bonds is 6. The first kappa shape index (κ1) is 12.8. The Labute approximate surface area is 103 Å². The molecule has 4 nitrogen and oxygen atoms in total. The lowest BCUT2D eigenvalue weighted by molar-refractivity contribution is -0.135. The fourth-order valence-electron chi connectivity index (χ4n) is 2.85. The van der Waals surface area contributed by atoms with Crippen LogP contribution in [0.3, 0.4) is 0 Å². The van der Waals surface area contributed by atoms with E-state index in [0.717, 1.165) is 32.4 Å². The molecule has 0 bridgehead atoms. The molecule has 1 saturated heterocycles. The summed E-state index contributed by atoms with van der Waals surface area (Å²) in [6.45, 7) is 1.90. The largest absolute Gasteiger partial charge is 0.375 e. The van der Waals surface area contributed by atoms with Crippen molar-refractivity contribution in [2.75, 3.05) is 13.2 Å². The second kappa shape index (κ2) is 5.83. The molecule has 1 saturated carbocycles. The van der Waals surface area contributed by atoms with Crippen LogP contribution in [-0.2, 0) is 9.53 Å². The summed E-state index contributed by atoms with van der Waals surface area (Å²) < 4.78 is 5.89. The van der Waals surface area contributed by atoms with Gasteiger partial charge in [0.25, 0.3) is 0 Å². The van der Waals surface area contributed by atoms with Crippen LogP contribution in [0.15, 0.2) is 0 Å². The number of hydrogen-bond donors (Lipinski definition) is 2. The van der Waals surface area contributed by atoms with Crippen LogP contribution >= 0.6 is 0 Å². The van der Waals surface area contributed by atoms with Crippen LogP contribution < -0.4 is 11.1 Å². The molecule has 3 N–H and O–H groups in total. The van der Waals surface area contributed by atoms with Gasteiger partial charge in [-0.05, 0) is 51.5 Å². The molecule has 0 aromatic heterocycles. The highest BCUT2D eigenvalue weighted by molar-refractivity contribution is 5.73. The van der Waals surface area contributed by atoms with Crippen LogP contribution in [0.25, 0.3) is 0 Å². The molecule has 1 spiro atoms. The fraction of sp³-hybridized carbons (Fsp3) is 0.923. The van der Waals surface area contributed by atoms with Gasteiger partial charge in [0, 0.05) is 19.1 Å². The standard InChI is InChI=1S/C13H24N2O2/c14-12(16)4-1-2-8-15-11-5-9-17-13(10-11)6-3-7-13/h11,15H,1-10H2,(H2,14,16). The number of ether oxygens (including phenoxy) is 1. The Balaban J connectivity index is 1.57. The summed E-state index contributed by atoms with van der Waals surface area (Å²) in [7, 11) is 0. The minimum atomic E-state index is -0.190. The Bertz CT molecular complexity index is 264. The van der Waals surface area contributed by atoms with Gasteiger partial charge in [0.15, 0.2) is 0 Å². The highest BCUT2D eigenvalue weighted by Crippen LogP contribution is 2.42. The van der Waals surface area contributed by atoms with Gasteiger partial charge in [-0.25, -0.2) is 0 Å². The van der Waals surface area contributed by atoms with Crippen LogP contribution in [-0.4, -0.2) is 30.7 Å². The monoisotopic (exact) mass is 240 g/mol. The number of nitrogens with two attached hydrogens (primary N) is 1. The molecular formula is C13H24N2O2. The van der Waals surface area contributed by atoms with Gasteiger partial charge in [-0.3, -0.25) is 4.79 Å². The van der Waals surface area contributed by atoms with Crippen LogP contribution in [0.4, 0.5) is 0 Å². The molecule has 2 aliphatic rings. The van der Waals surface area contributed by atoms with Crippen molar-refractivity contribution in [2.24, 2.45) is 5.73 Å². The average Bonchev–Trinajstić information content (AvgIpc) is 2.26. The first-order chi connectivity index (χ1) is 8.20. The van der Waals surface area contributed by atoms with Crippen LogP contribution in [0.2, 0.25) is 0 Å². The molecule has 0 radical (unpaired) electrons. The molecule has 1 atom stereocenters. The normalized spacial score (nSPS) is 26.7. The molecule has 2 fully saturated rings. The molecule has 1 aliphatic heterocycles. The summed E-state index contributed by atoms with van der Waals surface area (Å²) >= 11 is 0. The van der Waals surface area contributed by atoms with Gasteiger partial charge in [0.05, 0.1) is 5.60 Å². The Morgan fingerprint density at radius 3 is 2.88 bits per heavy atom. The van der Waals surface area contributed by atoms with Crippen molar-refractivity contribution >= 4 is 5.91 Å². The van der Waals surface area contributed by atoms with Crippen molar-refractivity contribution in [3.8, 4) is 0 Å². The van der Waals surface area contributed by atoms with E-state index < -0.39 is 0 Å². The van der Waals surface area contributed by atoms with E-state index in [9.17, 15) is 4.79 Å². The molecule has 1 unspecified atom stereocenters. The minimum absolute atomic E-state index is 0.190. The van der Waals surface area contributed by atoms with Crippen molar-refractivity contribution in [1.82, 2.24) is 5.32 Å². The van der Waals surface area contributed by atoms with Gasteiger partial charge in [-0.2, -0.15) is 0 Å². The summed E-state index contributed by atoms with van der Waals surface area (Å²) in [6.07, 6.45) is 8.55. The second-order valence-corrected chi connectivity index (χ2v) is 5.45. The zero-order valence-electron chi connectivity index (χ0n) is 10.5. The van der Waals surface area contributed by atoms with Crippen LogP contribution in [0.1, 0.15) is 51.4 Å². The molecular weight excluding hydrogens is 216 g/mol. The van der Waals surface area contributed by atoms with Crippen LogP contribution in [0.5, 0.6) is 0 Å². The van der Waals surface area contributed by atoms with Crippen molar-refractivity contribution < 1.29 is 9.53 Å². The topological polar surface area (TPSA) is 64.4 Å². The predicted octanol–water partition coefficient (Wildman–Crippen LogP) is 1.33. The summed E-state index contributed by atoms with van der Waals surface area (Å²) in [6, 6.07) is 0.609. The van der Waals surface area contributed by atoms with Gasteiger partial charge in [0.2, 0.25) is 5.91 Å². The smallest absolute Gasteiger partial charge is 0.217 e. The van der Waals surface area contributed by atoms with Gasteiger partial charge in [0.1, 0.15) is 0 Å². The Hall–Kier alpha value is -0.610. The number of hydrogen-bond acceptors (Lipinski definition) is 3. The quantitative estimate of drug-likeness (QED) is 0.688. The maximum atomic E-state index is 10.6. The second-order valence-electron chi connectivity index (χ2n) is 5.45. The number of carbonyl (C=O) groups is 1. The summed E-state index contributed by atoms with van der Waals surface area (Å²) in [5, 5.41) is 3.59. The third-order valence-electron chi connectivity index (χ3n) is 4.04. The van der Waals surface area contributed by atoms with E-state index in [-0.39, 0.29) is 11.5 Å². The SMILES string of the molecule is NC(=O)CCCCNC1CCOC2(CCC2)C1. The minimum Gasteiger partial charge on any atom is -0.375 e. The van der Waals surface area contributed by atoms with Gasteiger partial charge in [-0.15, -0.1) is 0 Å². The number of primary amides is 1. The molecule has 4 heteroatoms. The first-order valence-corrected chi connectivity index (χ1v) is 6.86. The van der Waals surface area contributed by atoms with E-state index in [1.165, 1.54) is 25.7 Å². The van der Waals surface area contributed by atoms with Gasteiger partial charge in [-0.1, -0.05) is 0 Å². The van der Waals surface area contributed by atoms with Gasteiger partial charge < -0.3 is 15.8 Å². The summed E-state index contributed by atoms with van der Waals surface area (Å²) in [5.74, 6) is -0.190. The van der Waals surface area contributed by atoms with E-state index in [4.69, 9.17) is 10.5 Å². The number of unbranched alkanes of at least 4 members (excludes halogenated alkanes) is 1. The molecule has 98 valence electrons. The molecule has 0 aromatic rings. The Morgan fingerprint density at radius 1 is 1.41 bits per heavy atom. The zero-order valence-corrected chi connectivity index (χ0v) is 10.5. The highest BCUT2D eigenvalue weighted by Gasteiger charge is 2.42. The molecule has 1 aliphatic carbocycles. The number of carbonyl (C=O) groups excluding carboxylic acids is 1. The van der Waals surface area contributed by atoms with E-state index in [2.05, 4.69) is 5.32 Å². The third kappa shape index (κ3) is 3.68. The number of amides is 1. The number of nitrogens with one attached hydrogen (secondary N) is 1. The molecule has 2 rings (SSSR count). The van der Waals surface area contributed by atoms with Crippen LogP contribution in [0, 0.1) is 0 Å². The molecule has 1 amide bonds. The summed E-state index contributed by atoms with van der Waals surface area (Å²) in [4.78, 5) is 10.6. The maximum Gasteiger partial charge on any atom is 0.217 e. The fourth-order valence-corrected chi connectivity index (χ4v) is 2.85. The lowest BCUT2D eigenvalue weighted by atomic mass is 9.74. The lowest BCUT2D eigenvalue weighted by Crippen LogP contribution is -2.51. The maximum absolute atomic E-state index is 10.6. The van der Waals surface area contributed by atoms with E-state index in [1.807, 2.05) is 0 Å². The van der Waals surface area contributed by atoms with Crippen molar-refractivity contribution in [2.45, 2.75) is 63.0 Å². The van der Waals surface area contributed by atoms with E-state index in [0.29, 0.717) is 12.5 Å². The van der Waals surface area contributed by atoms with Crippen molar-refractivity contribution in [1.29, 1.82) is 0 Å². The molecule has 0 aromatic carbocycles. The third-order valence-corrected chi connectivity index (χ3v) is 4.04. The summed E-state index contributed by atoms with van der Waals surface area (Å²) in [5.41, 5.74) is 5.33. The predicted molar refractivity (Wildman–Crippen MR) is 66.6 cm³/mol. The van der Waals surface area contributed by atoms with Crippen molar-refractivity contribution in [3.63, 3.8) is 0 Å². The van der Waals surface area contributed by atoms with E-state index >= 15 is 0 Å².